The average molecular weight is 429 g/mol. The first-order chi connectivity index (χ1) is 12.6. The van der Waals surface area contributed by atoms with Crippen molar-refractivity contribution < 1.29 is 29.2 Å². The van der Waals surface area contributed by atoms with Gasteiger partial charge in [0.2, 0.25) is 5.91 Å². The van der Waals surface area contributed by atoms with Gasteiger partial charge in [-0.05, 0) is 19.6 Å². The van der Waals surface area contributed by atoms with Gasteiger partial charge in [-0.2, -0.15) is 0 Å². The van der Waals surface area contributed by atoms with Crippen molar-refractivity contribution in [3.05, 3.63) is 0 Å². The molecule has 0 radical (unpaired) electrons. The zero-order valence-corrected chi connectivity index (χ0v) is 17.3. The van der Waals surface area contributed by atoms with Crippen molar-refractivity contribution in [1.29, 1.82) is 0 Å². The van der Waals surface area contributed by atoms with E-state index < -0.39 is 58.9 Å². The molecule has 0 aromatic rings. The number of aliphatic hydroxyl groups is 3. The minimum atomic E-state index is -1.43. The van der Waals surface area contributed by atoms with Gasteiger partial charge in [-0.25, -0.2) is 4.39 Å². The van der Waals surface area contributed by atoms with Gasteiger partial charge >= 0.3 is 0 Å². The van der Waals surface area contributed by atoms with E-state index in [4.69, 9.17) is 16.3 Å². The highest BCUT2D eigenvalue weighted by atomic mass is 35.5. The number of ether oxygens (including phenoxy) is 1. The van der Waals surface area contributed by atoms with Crippen molar-refractivity contribution in [3.63, 3.8) is 0 Å². The number of hydrogen-bond acceptors (Lipinski definition) is 7. The normalized spacial score (nSPS) is 41.9. The molecule has 0 spiro atoms. The second-order valence-electron chi connectivity index (χ2n) is 7.43. The van der Waals surface area contributed by atoms with Crippen LogP contribution < -0.4 is 10.6 Å². The van der Waals surface area contributed by atoms with Gasteiger partial charge in [0.25, 0.3) is 0 Å². The van der Waals surface area contributed by atoms with Gasteiger partial charge < -0.3 is 30.7 Å². The number of carbonyl (C=O) groups is 1. The van der Waals surface area contributed by atoms with Gasteiger partial charge in [0, 0.05) is 13.0 Å². The fourth-order valence-electron chi connectivity index (χ4n) is 3.73. The minimum Gasteiger partial charge on any atom is -0.388 e. The van der Waals surface area contributed by atoms with Crippen molar-refractivity contribution in [2.45, 2.75) is 86.1 Å². The van der Waals surface area contributed by atoms with Crippen LogP contribution in [0.5, 0.6) is 0 Å². The van der Waals surface area contributed by atoms with Gasteiger partial charge in [-0.15, -0.1) is 23.4 Å². The Balaban J connectivity index is 2.08. The van der Waals surface area contributed by atoms with Gasteiger partial charge in [-0.1, -0.05) is 13.3 Å². The van der Waals surface area contributed by atoms with E-state index in [9.17, 15) is 24.5 Å². The first-order valence-electron chi connectivity index (χ1n) is 9.22. The van der Waals surface area contributed by atoms with Crippen LogP contribution in [0.4, 0.5) is 4.39 Å². The SMILES string of the molecule is CCCC1(F)CNC(C(=O)NC(C(C)Cl)C2OC(SC)C(O)C(O)C2O)C1. The quantitative estimate of drug-likeness (QED) is 0.367. The van der Waals surface area contributed by atoms with Gasteiger partial charge in [0.05, 0.1) is 17.5 Å². The third-order valence-electron chi connectivity index (χ3n) is 5.25. The summed E-state index contributed by atoms with van der Waals surface area (Å²) >= 11 is 7.40. The zero-order valence-electron chi connectivity index (χ0n) is 15.8. The lowest BCUT2D eigenvalue weighted by molar-refractivity contribution is -0.205. The maximum absolute atomic E-state index is 14.6. The van der Waals surface area contributed by atoms with Gasteiger partial charge in [0.1, 0.15) is 35.5 Å². The van der Waals surface area contributed by atoms with Crippen LogP contribution in [0.25, 0.3) is 0 Å². The van der Waals surface area contributed by atoms with Crippen LogP contribution in [0.15, 0.2) is 0 Å². The molecule has 2 rings (SSSR count). The van der Waals surface area contributed by atoms with Crippen LogP contribution in [0.1, 0.15) is 33.1 Å². The van der Waals surface area contributed by atoms with Crippen LogP contribution in [0.2, 0.25) is 0 Å². The molecule has 9 unspecified atom stereocenters. The highest BCUT2D eigenvalue weighted by Crippen LogP contribution is 2.31. The summed E-state index contributed by atoms with van der Waals surface area (Å²) < 4.78 is 20.3. The van der Waals surface area contributed by atoms with Crippen molar-refractivity contribution in [2.24, 2.45) is 0 Å². The third-order valence-corrected chi connectivity index (χ3v) is 6.37. The number of rotatable bonds is 7. The molecule has 0 saturated carbocycles. The monoisotopic (exact) mass is 428 g/mol. The molecule has 1 amide bonds. The largest absolute Gasteiger partial charge is 0.388 e. The molecule has 0 aromatic carbocycles. The Labute approximate surface area is 168 Å². The predicted molar refractivity (Wildman–Crippen MR) is 103 cm³/mol. The van der Waals surface area contributed by atoms with Crippen LogP contribution in [-0.4, -0.2) is 87.0 Å². The lowest BCUT2D eigenvalue weighted by Crippen LogP contribution is -2.65. The summed E-state index contributed by atoms with van der Waals surface area (Å²) in [6.45, 7) is 3.64. The summed E-state index contributed by atoms with van der Waals surface area (Å²) in [5.41, 5.74) is -2.18. The Kier molecular flexibility index (Phi) is 8.19. The second-order valence-corrected chi connectivity index (χ2v) is 9.05. The van der Waals surface area contributed by atoms with E-state index in [0.717, 1.165) is 0 Å². The van der Waals surface area contributed by atoms with Crippen molar-refractivity contribution in [3.8, 4) is 0 Å². The van der Waals surface area contributed by atoms with Crippen molar-refractivity contribution >= 4 is 29.3 Å². The first-order valence-corrected chi connectivity index (χ1v) is 10.9. The molecule has 7 nitrogen and oxygen atoms in total. The molecule has 2 saturated heterocycles. The molecule has 2 aliphatic rings. The predicted octanol–water partition coefficient (Wildman–Crippen LogP) is 0.139. The van der Waals surface area contributed by atoms with Gasteiger partial charge in [0.15, 0.2) is 0 Å². The molecule has 0 bridgehead atoms. The van der Waals surface area contributed by atoms with E-state index in [1.54, 1.807) is 13.2 Å². The van der Waals surface area contributed by atoms with Crippen LogP contribution in [-0.2, 0) is 9.53 Å². The number of carbonyl (C=O) groups excluding carboxylic acids is 1. The molecule has 5 N–H and O–H groups in total. The zero-order chi connectivity index (χ0) is 20.4. The molecular formula is C17H30ClFN2O5S. The number of nitrogens with one attached hydrogen (secondary N) is 2. The van der Waals surface area contributed by atoms with Gasteiger partial charge in [-0.3, -0.25) is 4.79 Å². The number of hydrogen-bond donors (Lipinski definition) is 5. The maximum Gasteiger partial charge on any atom is 0.237 e. The molecular weight excluding hydrogens is 399 g/mol. The maximum atomic E-state index is 14.6. The number of thioether (sulfide) groups is 1. The number of halogens is 2. The number of amides is 1. The lowest BCUT2D eigenvalue weighted by atomic mass is 9.92. The molecule has 2 aliphatic heterocycles. The summed E-state index contributed by atoms with van der Waals surface area (Å²) in [4.78, 5) is 12.6. The molecule has 2 fully saturated rings. The topological polar surface area (TPSA) is 111 Å². The molecule has 0 aliphatic carbocycles. The summed E-state index contributed by atoms with van der Waals surface area (Å²) in [6.07, 6.45) is -2.29. The lowest BCUT2D eigenvalue weighted by Gasteiger charge is -2.44. The van der Waals surface area contributed by atoms with E-state index in [-0.39, 0.29) is 13.0 Å². The van der Waals surface area contributed by atoms with E-state index in [0.29, 0.717) is 12.8 Å². The molecule has 2 heterocycles. The smallest absolute Gasteiger partial charge is 0.237 e. The Hall–Kier alpha value is -0.160. The van der Waals surface area contributed by atoms with Crippen molar-refractivity contribution in [1.82, 2.24) is 10.6 Å². The molecule has 0 aromatic heterocycles. The minimum absolute atomic E-state index is 0.0684. The number of aliphatic hydroxyl groups excluding tert-OH is 3. The second kappa shape index (κ2) is 9.56. The van der Waals surface area contributed by atoms with E-state index in [2.05, 4.69) is 10.6 Å². The fraction of sp³-hybridized carbons (Fsp3) is 0.941. The van der Waals surface area contributed by atoms with E-state index in [1.807, 2.05) is 6.92 Å². The summed E-state index contributed by atoms with van der Waals surface area (Å²) in [7, 11) is 0. The highest BCUT2D eigenvalue weighted by Gasteiger charge is 2.49. The summed E-state index contributed by atoms with van der Waals surface area (Å²) in [6, 6.07) is -1.53. The van der Waals surface area contributed by atoms with Crippen LogP contribution in [0, 0.1) is 0 Å². The van der Waals surface area contributed by atoms with E-state index in [1.165, 1.54) is 11.8 Å². The van der Waals surface area contributed by atoms with E-state index >= 15 is 0 Å². The third kappa shape index (κ3) is 5.26. The Morgan fingerprint density at radius 2 is 2.07 bits per heavy atom. The summed E-state index contributed by atoms with van der Waals surface area (Å²) in [5, 5.41) is 35.4. The average Bonchev–Trinajstić information content (AvgIpc) is 3.00. The number of alkyl halides is 2. The van der Waals surface area contributed by atoms with Crippen LogP contribution in [0.3, 0.4) is 0 Å². The Morgan fingerprint density at radius 1 is 1.41 bits per heavy atom. The molecule has 10 heteroatoms. The first kappa shape index (κ1) is 23.1. The molecule has 9 atom stereocenters. The highest BCUT2D eigenvalue weighted by molar-refractivity contribution is 7.99. The fourth-order valence-corrected chi connectivity index (χ4v) is 4.61. The summed E-state index contributed by atoms with van der Waals surface area (Å²) in [5.74, 6) is -0.430. The van der Waals surface area contributed by atoms with Crippen molar-refractivity contribution in [2.75, 3.05) is 12.8 Å². The molecule has 158 valence electrons. The molecule has 27 heavy (non-hydrogen) atoms. The Bertz CT molecular complexity index is 518. The standard InChI is InChI=1S/C17H30ClFN2O5S/c1-4-5-17(19)6-9(20-7-17)15(25)21-10(8(2)18)14-12(23)11(22)13(24)16(26-14)27-3/h8-14,16,20,22-24H,4-7H2,1-3H3,(H,21,25). The van der Waals surface area contributed by atoms with Crippen LogP contribution >= 0.6 is 23.4 Å². The Morgan fingerprint density at radius 3 is 2.63 bits per heavy atom.